The summed E-state index contributed by atoms with van der Waals surface area (Å²) in [6.45, 7) is 2.24. The summed E-state index contributed by atoms with van der Waals surface area (Å²) in [7, 11) is 1.45. The zero-order chi connectivity index (χ0) is 22.7. The molecule has 10 heteroatoms. The minimum absolute atomic E-state index is 0.0309. The van der Waals surface area contributed by atoms with Crippen LogP contribution >= 0.6 is 11.8 Å². The molecule has 2 fully saturated rings. The molecule has 0 saturated heterocycles. The Hall–Kier alpha value is -2.62. The van der Waals surface area contributed by atoms with Crippen molar-refractivity contribution in [3.05, 3.63) is 35.9 Å². The Labute approximate surface area is 190 Å². The number of carbonyl (C=O) groups is 2. The van der Waals surface area contributed by atoms with Gasteiger partial charge in [-0.2, -0.15) is 0 Å². The monoisotopic (exact) mass is 461 g/mol. The fourth-order valence-electron chi connectivity index (χ4n) is 5.05. The number of hydrogen-bond acceptors (Lipinski definition) is 6. The Morgan fingerprint density at radius 1 is 1.28 bits per heavy atom. The summed E-state index contributed by atoms with van der Waals surface area (Å²) in [5.41, 5.74) is 0. The van der Waals surface area contributed by atoms with Crippen LogP contribution in [0.15, 0.2) is 29.4 Å². The number of halogens is 1. The summed E-state index contributed by atoms with van der Waals surface area (Å²) in [6, 6.07) is 5.84. The standard InChI is InChI=1S/C22H28FN5O3S/c1-13(16-10-14-7-8-15(16)9-14)28-19(11-31-18-6-4-3-5-17(18)23)26-27-22(28)32-12-20(29)25-21(30)24-2/h3-6,13-16H,7-12H2,1-2H3,(H2,24,25,29,30). The van der Waals surface area contributed by atoms with E-state index in [1.54, 1.807) is 18.2 Å². The first-order chi connectivity index (χ1) is 15.5. The van der Waals surface area contributed by atoms with Crippen LogP contribution in [0.5, 0.6) is 5.75 Å². The third-order valence-electron chi connectivity index (χ3n) is 6.56. The van der Waals surface area contributed by atoms with Crippen molar-refractivity contribution in [3.63, 3.8) is 0 Å². The van der Waals surface area contributed by atoms with Gasteiger partial charge < -0.3 is 10.1 Å². The predicted molar refractivity (Wildman–Crippen MR) is 118 cm³/mol. The molecule has 2 aliphatic carbocycles. The summed E-state index contributed by atoms with van der Waals surface area (Å²) < 4.78 is 21.7. The van der Waals surface area contributed by atoms with Crippen LogP contribution in [0.4, 0.5) is 9.18 Å². The number of para-hydroxylation sites is 1. The van der Waals surface area contributed by atoms with Crippen molar-refractivity contribution in [2.75, 3.05) is 12.8 Å². The predicted octanol–water partition coefficient (Wildman–Crippen LogP) is 3.54. The normalized spacial score (nSPS) is 22.5. The Kier molecular flexibility index (Phi) is 6.98. The number of thioether (sulfide) groups is 1. The molecule has 4 atom stereocenters. The number of amides is 3. The average Bonchev–Trinajstić information content (AvgIpc) is 3.52. The highest BCUT2D eigenvalue weighted by molar-refractivity contribution is 7.99. The van der Waals surface area contributed by atoms with Gasteiger partial charge in [-0.15, -0.1) is 10.2 Å². The van der Waals surface area contributed by atoms with Gasteiger partial charge in [-0.3, -0.25) is 14.7 Å². The molecular weight excluding hydrogens is 433 g/mol. The fourth-order valence-corrected chi connectivity index (χ4v) is 5.89. The molecule has 2 bridgehead atoms. The van der Waals surface area contributed by atoms with E-state index in [4.69, 9.17) is 4.74 Å². The van der Waals surface area contributed by atoms with Crippen molar-refractivity contribution in [1.82, 2.24) is 25.4 Å². The summed E-state index contributed by atoms with van der Waals surface area (Å²) in [6.07, 6.45) is 5.01. The van der Waals surface area contributed by atoms with E-state index in [1.165, 1.54) is 50.6 Å². The molecule has 2 aliphatic rings. The summed E-state index contributed by atoms with van der Waals surface area (Å²) in [5.74, 6) is 1.93. The molecule has 0 aliphatic heterocycles. The van der Waals surface area contributed by atoms with Crippen LogP contribution < -0.4 is 15.4 Å². The lowest BCUT2D eigenvalue weighted by atomic mass is 9.84. The Morgan fingerprint density at radius 3 is 2.78 bits per heavy atom. The first-order valence-electron chi connectivity index (χ1n) is 10.9. The molecule has 2 aromatic rings. The summed E-state index contributed by atoms with van der Waals surface area (Å²) >= 11 is 1.23. The molecule has 4 unspecified atom stereocenters. The Bertz CT molecular complexity index is 984. The maximum atomic E-state index is 14.0. The van der Waals surface area contributed by atoms with E-state index in [-0.39, 0.29) is 24.2 Å². The lowest BCUT2D eigenvalue weighted by molar-refractivity contribution is -0.117. The second-order valence-electron chi connectivity index (χ2n) is 8.48. The lowest BCUT2D eigenvalue weighted by Crippen LogP contribution is -2.38. The van der Waals surface area contributed by atoms with Crippen molar-refractivity contribution in [2.45, 2.75) is 50.4 Å². The highest BCUT2D eigenvalue weighted by atomic mass is 32.2. The number of nitrogens with zero attached hydrogens (tertiary/aromatic N) is 3. The van der Waals surface area contributed by atoms with Gasteiger partial charge >= 0.3 is 6.03 Å². The van der Waals surface area contributed by atoms with Gasteiger partial charge in [0.15, 0.2) is 22.5 Å². The van der Waals surface area contributed by atoms with Crippen molar-refractivity contribution in [3.8, 4) is 5.75 Å². The number of urea groups is 1. The molecule has 8 nitrogen and oxygen atoms in total. The second-order valence-corrected chi connectivity index (χ2v) is 9.43. The van der Waals surface area contributed by atoms with Gasteiger partial charge in [0.2, 0.25) is 5.91 Å². The van der Waals surface area contributed by atoms with Crippen molar-refractivity contribution < 1.29 is 18.7 Å². The summed E-state index contributed by atoms with van der Waals surface area (Å²) in [5, 5.41) is 13.8. The lowest BCUT2D eigenvalue weighted by Gasteiger charge is -2.30. The zero-order valence-corrected chi connectivity index (χ0v) is 19.0. The molecule has 3 amide bonds. The first kappa shape index (κ1) is 22.6. The van der Waals surface area contributed by atoms with E-state index in [0.717, 1.165) is 5.92 Å². The number of fused-ring (bicyclic) bond motifs is 2. The fraction of sp³-hybridized carbons (Fsp3) is 0.545. The largest absolute Gasteiger partial charge is 0.483 e. The molecule has 0 spiro atoms. The number of aromatic nitrogens is 3. The molecule has 0 radical (unpaired) electrons. The van der Waals surface area contributed by atoms with Crippen LogP contribution in [-0.4, -0.2) is 39.5 Å². The van der Waals surface area contributed by atoms with Crippen LogP contribution in [0.3, 0.4) is 0 Å². The molecule has 172 valence electrons. The zero-order valence-electron chi connectivity index (χ0n) is 18.2. The van der Waals surface area contributed by atoms with Gasteiger partial charge in [-0.05, 0) is 56.1 Å². The van der Waals surface area contributed by atoms with Gasteiger partial charge in [0.05, 0.1) is 5.75 Å². The Balaban J connectivity index is 1.52. The highest BCUT2D eigenvalue weighted by Gasteiger charge is 2.43. The van der Waals surface area contributed by atoms with Crippen LogP contribution in [0, 0.1) is 23.6 Å². The van der Waals surface area contributed by atoms with E-state index in [0.29, 0.717) is 22.8 Å². The quantitative estimate of drug-likeness (QED) is 0.584. The van der Waals surface area contributed by atoms with Gasteiger partial charge in [0.1, 0.15) is 6.61 Å². The molecule has 1 aromatic carbocycles. The second kappa shape index (κ2) is 9.89. The number of hydrogen-bond donors (Lipinski definition) is 2. The highest BCUT2D eigenvalue weighted by Crippen LogP contribution is 2.52. The van der Waals surface area contributed by atoms with Crippen molar-refractivity contribution >= 4 is 23.7 Å². The molecule has 32 heavy (non-hydrogen) atoms. The molecule has 4 rings (SSSR count). The number of benzene rings is 1. The van der Waals surface area contributed by atoms with Crippen LogP contribution in [0.2, 0.25) is 0 Å². The Morgan fingerprint density at radius 2 is 2.09 bits per heavy atom. The first-order valence-corrected chi connectivity index (χ1v) is 11.9. The molecule has 2 N–H and O–H groups in total. The topological polar surface area (TPSA) is 98.1 Å². The maximum Gasteiger partial charge on any atom is 0.321 e. The van der Waals surface area contributed by atoms with Crippen LogP contribution in [0.25, 0.3) is 0 Å². The SMILES string of the molecule is CNC(=O)NC(=O)CSc1nnc(COc2ccccc2F)n1C(C)C1CC2CCC1C2. The van der Waals surface area contributed by atoms with E-state index >= 15 is 0 Å². The van der Waals surface area contributed by atoms with E-state index in [1.807, 2.05) is 4.57 Å². The van der Waals surface area contributed by atoms with Gasteiger partial charge in [0, 0.05) is 13.1 Å². The molecule has 2 saturated carbocycles. The number of carbonyl (C=O) groups excluding carboxylic acids is 2. The van der Waals surface area contributed by atoms with E-state index in [2.05, 4.69) is 27.8 Å². The van der Waals surface area contributed by atoms with Gasteiger partial charge in [-0.25, -0.2) is 9.18 Å². The van der Waals surface area contributed by atoms with Crippen LogP contribution in [-0.2, 0) is 11.4 Å². The minimum Gasteiger partial charge on any atom is -0.483 e. The third-order valence-corrected chi connectivity index (χ3v) is 7.50. The van der Waals surface area contributed by atoms with Crippen molar-refractivity contribution in [1.29, 1.82) is 0 Å². The minimum atomic E-state index is -0.550. The molecular formula is C22H28FN5O3S. The van der Waals surface area contributed by atoms with E-state index < -0.39 is 17.8 Å². The van der Waals surface area contributed by atoms with Crippen molar-refractivity contribution in [2.24, 2.45) is 17.8 Å². The average molecular weight is 462 g/mol. The number of ether oxygens (including phenoxy) is 1. The molecule has 1 aromatic heterocycles. The number of rotatable bonds is 8. The number of imide groups is 1. The van der Waals surface area contributed by atoms with Crippen LogP contribution in [0.1, 0.15) is 44.5 Å². The van der Waals surface area contributed by atoms with E-state index in [9.17, 15) is 14.0 Å². The molecule has 1 heterocycles. The number of nitrogens with one attached hydrogen (secondary N) is 2. The summed E-state index contributed by atoms with van der Waals surface area (Å²) in [4.78, 5) is 23.4. The van der Waals surface area contributed by atoms with Gasteiger partial charge in [-0.1, -0.05) is 30.3 Å². The smallest absolute Gasteiger partial charge is 0.321 e. The maximum absolute atomic E-state index is 14.0. The van der Waals surface area contributed by atoms with Gasteiger partial charge in [0.25, 0.3) is 0 Å². The third kappa shape index (κ3) is 4.90.